The molecule has 1 atom stereocenters. The minimum Gasteiger partial charge on any atom is -0.486 e. The number of anilines is 1. The van der Waals surface area contributed by atoms with Crippen LogP contribution in [0.1, 0.15) is 24.0 Å². The molecule has 4 heterocycles. The first-order valence-electron chi connectivity index (χ1n) is 13.3. The number of hydrogen-bond acceptors (Lipinski definition) is 7. The van der Waals surface area contributed by atoms with Crippen LogP contribution in [0.4, 0.5) is 24.7 Å². The maximum Gasteiger partial charge on any atom is 0.363 e. The van der Waals surface area contributed by atoms with Crippen LogP contribution in [0, 0.1) is 27.6 Å². The van der Waals surface area contributed by atoms with Gasteiger partial charge in [-0.1, -0.05) is 18.2 Å². The molecule has 2 aromatic carbocycles. The Hall–Kier alpha value is -4.45. The molecule has 2 aliphatic rings. The number of halogens is 3. The van der Waals surface area contributed by atoms with Crippen LogP contribution in [-0.4, -0.2) is 45.1 Å². The largest absolute Gasteiger partial charge is 0.486 e. The van der Waals surface area contributed by atoms with Gasteiger partial charge in [0.2, 0.25) is 5.82 Å². The van der Waals surface area contributed by atoms with Crippen LogP contribution in [0.25, 0.3) is 10.9 Å². The van der Waals surface area contributed by atoms with Crippen LogP contribution in [-0.2, 0) is 19.6 Å². The first-order valence-corrected chi connectivity index (χ1v) is 13.3. The molecule has 2 aromatic heterocycles. The van der Waals surface area contributed by atoms with E-state index in [1.54, 1.807) is 35.0 Å². The van der Waals surface area contributed by atoms with Crippen molar-refractivity contribution in [3.05, 3.63) is 104 Å². The first-order chi connectivity index (χ1) is 19.8. The average Bonchev–Trinajstić information content (AvgIpc) is 2.98. The zero-order valence-electron chi connectivity index (χ0n) is 21.9. The van der Waals surface area contributed by atoms with E-state index >= 15 is 0 Å². The quantitative estimate of drug-likeness (QED) is 0.235. The number of nitro groups is 1. The number of aromatic nitrogens is 2. The summed E-state index contributed by atoms with van der Waals surface area (Å²) >= 11 is 0. The number of benzene rings is 2. The van der Waals surface area contributed by atoms with Gasteiger partial charge >= 0.3 is 5.82 Å². The third-order valence-corrected chi connectivity index (χ3v) is 7.77. The van der Waals surface area contributed by atoms with Crippen molar-refractivity contribution in [3.8, 4) is 5.75 Å². The fourth-order valence-electron chi connectivity index (χ4n) is 5.74. The molecule has 0 N–H and O–H groups in total. The van der Waals surface area contributed by atoms with Gasteiger partial charge in [-0.25, -0.2) is 8.78 Å². The Morgan fingerprint density at radius 1 is 1.07 bits per heavy atom. The third-order valence-electron chi connectivity index (χ3n) is 7.77. The van der Waals surface area contributed by atoms with Crippen molar-refractivity contribution < 1.29 is 22.8 Å². The Labute approximate surface area is 232 Å². The third kappa shape index (κ3) is 5.10. The molecule has 0 unspecified atom stereocenters. The van der Waals surface area contributed by atoms with Gasteiger partial charge in [0, 0.05) is 55.6 Å². The lowest BCUT2D eigenvalue weighted by Gasteiger charge is -2.40. The number of hydrogen-bond donors (Lipinski definition) is 0. The second-order valence-electron chi connectivity index (χ2n) is 10.3. The molecule has 0 bridgehead atoms. The van der Waals surface area contributed by atoms with E-state index in [4.69, 9.17) is 4.74 Å². The summed E-state index contributed by atoms with van der Waals surface area (Å²) in [6, 6.07) is 10.3. The second kappa shape index (κ2) is 10.8. The molecular formula is C29H26F3N5O4. The normalized spacial score (nSPS) is 16.7. The van der Waals surface area contributed by atoms with E-state index in [2.05, 4.69) is 9.88 Å². The van der Waals surface area contributed by atoms with Crippen molar-refractivity contribution in [3.63, 3.8) is 0 Å². The Bertz CT molecular complexity index is 1700. The smallest absolute Gasteiger partial charge is 0.363 e. The Balaban J connectivity index is 1.36. The summed E-state index contributed by atoms with van der Waals surface area (Å²) in [6.45, 7) is 2.08. The number of rotatable bonds is 7. The van der Waals surface area contributed by atoms with Gasteiger partial charge in [0.05, 0.1) is 23.1 Å². The minimum absolute atomic E-state index is 0.0316. The molecule has 212 valence electrons. The van der Waals surface area contributed by atoms with E-state index < -0.39 is 22.0 Å². The molecule has 0 saturated carbocycles. The molecule has 0 amide bonds. The molecule has 12 heteroatoms. The lowest BCUT2D eigenvalue weighted by molar-refractivity contribution is -0.389. The summed E-state index contributed by atoms with van der Waals surface area (Å²) in [5.41, 5.74) is 1.35. The summed E-state index contributed by atoms with van der Waals surface area (Å²) in [5, 5.41) is 11.1. The zero-order chi connectivity index (χ0) is 28.7. The second-order valence-corrected chi connectivity index (χ2v) is 10.3. The maximum absolute atomic E-state index is 14.8. The van der Waals surface area contributed by atoms with Crippen LogP contribution < -0.4 is 15.1 Å². The lowest BCUT2D eigenvalue weighted by atomic mass is 10.0. The van der Waals surface area contributed by atoms with Gasteiger partial charge in [-0.2, -0.15) is 4.39 Å². The van der Waals surface area contributed by atoms with Crippen molar-refractivity contribution >= 4 is 22.4 Å². The predicted molar refractivity (Wildman–Crippen MR) is 145 cm³/mol. The molecule has 1 fully saturated rings. The maximum atomic E-state index is 14.8. The highest BCUT2D eigenvalue weighted by Crippen LogP contribution is 2.33. The fourth-order valence-corrected chi connectivity index (χ4v) is 5.74. The Morgan fingerprint density at radius 3 is 2.63 bits per heavy atom. The molecule has 0 aliphatic carbocycles. The molecule has 0 spiro atoms. The topological polar surface area (TPSA) is 93.7 Å². The van der Waals surface area contributed by atoms with E-state index in [0.717, 1.165) is 24.6 Å². The number of pyridine rings is 2. The van der Waals surface area contributed by atoms with E-state index in [1.165, 1.54) is 18.3 Å². The lowest BCUT2D eigenvalue weighted by Crippen LogP contribution is -2.48. The number of nitrogens with zero attached hydrogens (tertiary/aromatic N) is 5. The highest BCUT2D eigenvalue weighted by atomic mass is 19.2. The summed E-state index contributed by atoms with van der Waals surface area (Å²) in [5.74, 6) is -3.15. The highest BCUT2D eigenvalue weighted by Gasteiger charge is 2.29. The molecule has 9 nitrogen and oxygen atoms in total. The molecular weight excluding hydrogens is 539 g/mol. The van der Waals surface area contributed by atoms with Crippen molar-refractivity contribution in [2.24, 2.45) is 0 Å². The Morgan fingerprint density at radius 2 is 1.88 bits per heavy atom. The summed E-state index contributed by atoms with van der Waals surface area (Å²) in [6.07, 6.45) is 4.69. The van der Waals surface area contributed by atoms with Crippen molar-refractivity contribution in [2.75, 3.05) is 24.6 Å². The van der Waals surface area contributed by atoms with Gasteiger partial charge < -0.3 is 24.3 Å². The average molecular weight is 566 g/mol. The molecule has 1 saturated heterocycles. The molecule has 6 rings (SSSR count). The van der Waals surface area contributed by atoms with E-state index in [0.29, 0.717) is 30.8 Å². The SMILES string of the molecule is O=c1c(CN(Cc2ccccc2F)[C@H]2CCCN(c3ccc([N+](=O)[O-])nc3)C2)cn2c3c(c(F)c(F)cc13)OCC2. The molecule has 41 heavy (non-hydrogen) atoms. The van der Waals surface area contributed by atoms with Crippen molar-refractivity contribution in [1.82, 2.24) is 14.5 Å². The van der Waals surface area contributed by atoms with Crippen LogP contribution in [0.5, 0.6) is 5.75 Å². The van der Waals surface area contributed by atoms with Gasteiger partial charge in [0.15, 0.2) is 23.2 Å². The zero-order valence-corrected chi connectivity index (χ0v) is 21.9. The van der Waals surface area contributed by atoms with E-state index in [9.17, 15) is 28.1 Å². The van der Waals surface area contributed by atoms with E-state index in [1.807, 2.05) is 4.90 Å². The van der Waals surface area contributed by atoms with Crippen molar-refractivity contribution in [2.45, 2.75) is 38.5 Å². The van der Waals surface area contributed by atoms with Gasteiger partial charge in [0.1, 0.15) is 12.4 Å². The number of ether oxygens (including phenoxy) is 1. The minimum atomic E-state index is -1.15. The monoisotopic (exact) mass is 565 g/mol. The van der Waals surface area contributed by atoms with Gasteiger partial charge in [-0.3, -0.25) is 9.69 Å². The molecule has 2 aliphatic heterocycles. The molecule has 0 radical (unpaired) electrons. The number of piperidine rings is 1. The van der Waals surface area contributed by atoms with Crippen molar-refractivity contribution in [1.29, 1.82) is 0 Å². The fraction of sp³-hybridized carbons (Fsp3) is 0.310. The van der Waals surface area contributed by atoms with E-state index in [-0.39, 0.29) is 54.0 Å². The van der Waals surface area contributed by atoms with Gasteiger partial charge in [-0.05, 0) is 40.9 Å². The van der Waals surface area contributed by atoms with Gasteiger partial charge in [0.25, 0.3) is 0 Å². The van der Waals surface area contributed by atoms with Crippen LogP contribution in [0.3, 0.4) is 0 Å². The molecule has 4 aromatic rings. The van der Waals surface area contributed by atoms with Crippen LogP contribution in [0.2, 0.25) is 0 Å². The van der Waals surface area contributed by atoms with Gasteiger partial charge in [-0.15, -0.1) is 0 Å². The summed E-state index contributed by atoms with van der Waals surface area (Å²) < 4.78 is 50.7. The van der Waals surface area contributed by atoms with Crippen LogP contribution >= 0.6 is 0 Å². The predicted octanol–water partition coefficient (Wildman–Crippen LogP) is 4.79. The van der Waals surface area contributed by atoms with Crippen LogP contribution in [0.15, 0.2) is 59.7 Å². The highest BCUT2D eigenvalue weighted by molar-refractivity contribution is 5.86. The standard InChI is InChI=1S/C29H26F3N5O4/c30-23-6-2-1-4-18(23)14-36(21-5-3-9-34(17-21)20-7-8-25(33-13-20)37(39)40)16-19-15-35-10-11-41-29-26(32)24(31)12-22(27(29)35)28(19)38/h1-2,4,6-8,12-13,15,21H,3,5,9-11,14,16-17H2/t21-/m0/s1. The summed E-state index contributed by atoms with van der Waals surface area (Å²) in [7, 11) is 0. The summed E-state index contributed by atoms with van der Waals surface area (Å²) in [4.78, 5) is 32.1. The Kier molecular flexibility index (Phi) is 7.08. The first kappa shape index (κ1) is 26.8.